The fourth-order valence-electron chi connectivity index (χ4n) is 3.01. The van der Waals surface area contributed by atoms with Crippen LogP contribution in [0.1, 0.15) is 17.4 Å². The average molecular weight is 438 g/mol. The lowest BCUT2D eigenvalue weighted by molar-refractivity contribution is -0.0803. The largest absolute Gasteiger partial charge is 0.390 e. The number of aliphatic hydroxyl groups excluding tert-OH is 3. The zero-order chi connectivity index (χ0) is 22.1. The number of aromatic nitrogens is 2. The maximum atomic E-state index is 12.2. The van der Waals surface area contributed by atoms with Crippen molar-refractivity contribution in [2.24, 2.45) is 0 Å². The standard InChI is InChI=1S/C18H19N2O9P/c21-12(9-30(26,27)28)15-13(22)14(23)17(29-15)20-8-11(16(24)19-18(20)25)7-6-10-4-2-1-3-5-10/h1-5,8,12-15,17,21-23H,9H2,(H,19,24,25)(H2,26,27,28)/t12-,13+,14-,15-,17-/m1/s1. The van der Waals surface area contributed by atoms with Gasteiger partial charge in [-0.05, 0) is 12.1 Å². The van der Waals surface area contributed by atoms with Crippen LogP contribution in [-0.2, 0) is 9.30 Å². The first-order valence-corrected chi connectivity index (χ1v) is 10.5. The summed E-state index contributed by atoms with van der Waals surface area (Å²) in [5.74, 6) is 5.35. The molecule has 0 aliphatic carbocycles. The quantitative estimate of drug-likeness (QED) is 0.234. The van der Waals surface area contributed by atoms with Crippen molar-refractivity contribution < 1.29 is 34.4 Å². The SMILES string of the molecule is O=c1[nH]c(=O)n([C@@H]2O[C@H]([C@H](O)CP(=O)(O)O)[C@@H](O)[C@H]2O)cc1C#Cc1ccccc1. The fourth-order valence-corrected chi connectivity index (χ4v) is 3.70. The van der Waals surface area contributed by atoms with Crippen LogP contribution < -0.4 is 11.2 Å². The first kappa shape index (κ1) is 22.1. The Hall–Kier alpha value is -2.55. The molecule has 2 heterocycles. The monoisotopic (exact) mass is 438 g/mol. The normalized spacial score (nSPS) is 24.8. The molecule has 1 aromatic carbocycles. The Morgan fingerprint density at radius 3 is 2.43 bits per heavy atom. The molecule has 0 spiro atoms. The molecule has 5 atom stereocenters. The number of benzene rings is 1. The van der Waals surface area contributed by atoms with Gasteiger partial charge in [-0.1, -0.05) is 30.0 Å². The highest BCUT2D eigenvalue weighted by Crippen LogP contribution is 2.39. The second-order valence-corrected chi connectivity index (χ2v) is 8.41. The van der Waals surface area contributed by atoms with E-state index in [0.717, 1.165) is 10.8 Å². The van der Waals surface area contributed by atoms with Crippen LogP contribution in [-0.4, -0.2) is 65.2 Å². The number of hydrogen-bond acceptors (Lipinski definition) is 7. The molecule has 1 fully saturated rings. The summed E-state index contributed by atoms with van der Waals surface area (Å²) in [4.78, 5) is 44.3. The highest BCUT2D eigenvalue weighted by atomic mass is 31.2. The molecule has 1 aliphatic heterocycles. The number of aromatic amines is 1. The van der Waals surface area contributed by atoms with Gasteiger partial charge >= 0.3 is 13.3 Å². The highest BCUT2D eigenvalue weighted by Gasteiger charge is 2.48. The van der Waals surface area contributed by atoms with Crippen LogP contribution in [0.5, 0.6) is 0 Å². The van der Waals surface area contributed by atoms with Gasteiger partial charge in [-0.2, -0.15) is 0 Å². The Bertz CT molecular complexity index is 1130. The maximum Gasteiger partial charge on any atom is 0.330 e. The Labute approximate surface area is 169 Å². The van der Waals surface area contributed by atoms with Crippen molar-refractivity contribution in [3.63, 3.8) is 0 Å². The van der Waals surface area contributed by atoms with E-state index in [1.54, 1.807) is 30.3 Å². The molecular weight excluding hydrogens is 419 g/mol. The summed E-state index contributed by atoms with van der Waals surface area (Å²) in [5.41, 5.74) is -1.25. The number of aliphatic hydroxyl groups is 3. The van der Waals surface area contributed by atoms with Gasteiger partial charge in [0.05, 0.1) is 12.3 Å². The molecule has 11 nitrogen and oxygen atoms in total. The van der Waals surface area contributed by atoms with Gasteiger partial charge < -0.3 is 29.8 Å². The minimum Gasteiger partial charge on any atom is -0.390 e. The Kier molecular flexibility index (Phi) is 6.40. The van der Waals surface area contributed by atoms with Crippen molar-refractivity contribution in [1.29, 1.82) is 0 Å². The lowest BCUT2D eigenvalue weighted by Gasteiger charge is -2.21. The van der Waals surface area contributed by atoms with E-state index >= 15 is 0 Å². The molecule has 30 heavy (non-hydrogen) atoms. The van der Waals surface area contributed by atoms with Crippen molar-refractivity contribution in [3.05, 3.63) is 68.5 Å². The number of ether oxygens (including phenoxy) is 1. The first-order chi connectivity index (χ1) is 14.1. The summed E-state index contributed by atoms with van der Waals surface area (Å²) in [5, 5.41) is 30.3. The molecule has 2 aromatic rings. The van der Waals surface area contributed by atoms with E-state index < -0.39 is 55.7 Å². The minimum atomic E-state index is -4.63. The van der Waals surface area contributed by atoms with E-state index in [1.807, 2.05) is 4.98 Å². The molecular formula is C18H19N2O9P. The molecule has 0 radical (unpaired) electrons. The van der Waals surface area contributed by atoms with Gasteiger partial charge in [-0.25, -0.2) is 4.79 Å². The van der Waals surface area contributed by atoms with E-state index in [4.69, 9.17) is 14.5 Å². The van der Waals surface area contributed by atoms with Crippen LogP contribution in [0.3, 0.4) is 0 Å². The van der Waals surface area contributed by atoms with Crippen molar-refractivity contribution >= 4 is 7.60 Å². The predicted molar refractivity (Wildman–Crippen MR) is 103 cm³/mol. The fraction of sp³-hybridized carbons (Fsp3) is 0.333. The van der Waals surface area contributed by atoms with Crippen molar-refractivity contribution in [1.82, 2.24) is 9.55 Å². The summed E-state index contributed by atoms with van der Waals surface area (Å²) in [6.07, 6.45) is -8.35. The van der Waals surface area contributed by atoms with Gasteiger partial charge in [0.2, 0.25) is 0 Å². The minimum absolute atomic E-state index is 0.122. The number of rotatable bonds is 4. The van der Waals surface area contributed by atoms with Crippen LogP contribution in [0.2, 0.25) is 0 Å². The number of hydrogen-bond donors (Lipinski definition) is 6. The van der Waals surface area contributed by atoms with Gasteiger partial charge in [0.25, 0.3) is 5.56 Å². The van der Waals surface area contributed by atoms with E-state index in [0.29, 0.717) is 5.56 Å². The second kappa shape index (κ2) is 8.67. The third-order valence-corrected chi connectivity index (χ3v) is 5.29. The summed E-state index contributed by atoms with van der Waals surface area (Å²) >= 11 is 0. The molecule has 0 unspecified atom stereocenters. The van der Waals surface area contributed by atoms with Crippen molar-refractivity contribution in [2.45, 2.75) is 30.6 Å². The summed E-state index contributed by atoms with van der Waals surface area (Å²) in [7, 11) is -4.63. The van der Waals surface area contributed by atoms with E-state index in [9.17, 15) is 29.5 Å². The molecule has 0 bridgehead atoms. The van der Waals surface area contributed by atoms with Crippen LogP contribution >= 0.6 is 7.60 Å². The van der Waals surface area contributed by atoms with Gasteiger partial charge in [-0.3, -0.25) is 18.9 Å². The molecule has 160 valence electrons. The van der Waals surface area contributed by atoms with E-state index in [-0.39, 0.29) is 5.56 Å². The van der Waals surface area contributed by atoms with E-state index in [1.165, 1.54) is 0 Å². The summed E-state index contributed by atoms with van der Waals surface area (Å²) < 4.78 is 17.2. The number of nitrogens with one attached hydrogen (secondary N) is 1. The van der Waals surface area contributed by atoms with Crippen molar-refractivity contribution in [2.75, 3.05) is 6.16 Å². The molecule has 6 N–H and O–H groups in total. The number of nitrogens with zero attached hydrogens (tertiary/aromatic N) is 1. The van der Waals surface area contributed by atoms with Gasteiger partial charge in [0, 0.05) is 11.8 Å². The highest BCUT2D eigenvalue weighted by molar-refractivity contribution is 7.51. The first-order valence-electron chi connectivity index (χ1n) is 8.73. The third kappa shape index (κ3) is 4.95. The molecule has 1 saturated heterocycles. The second-order valence-electron chi connectivity index (χ2n) is 6.71. The molecule has 1 aromatic heterocycles. The smallest absolute Gasteiger partial charge is 0.330 e. The average Bonchev–Trinajstić information content (AvgIpc) is 2.96. The van der Waals surface area contributed by atoms with Crippen LogP contribution in [0.4, 0.5) is 0 Å². The zero-order valence-corrected chi connectivity index (χ0v) is 16.2. The van der Waals surface area contributed by atoms with E-state index in [2.05, 4.69) is 11.8 Å². The molecule has 12 heteroatoms. The van der Waals surface area contributed by atoms with Gasteiger partial charge in [0.1, 0.15) is 23.9 Å². The van der Waals surface area contributed by atoms with Crippen LogP contribution in [0, 0.1) is 11.8 Å². The lowest BCUT2D eigenvalue weighted by atomic mass is 10.1. The van der Waals surface area contributed by atoms with Crippen LogP contribution in [0.15, 0.2) is 46.1 Å². The van der Waals surface area contributed by atoms with Gasteiger partial charge in [0.15, 0.2) is 6.23 Å². The molecule has 0 saturated carbocycles. The van der Waals surface area contributed by atoms with Crippen molar-refractivity contribution in [3.8, 4) is 11.8 Å². The zero-order valence-electron chi connectivity index (χ0n) is 15.3. The Balaban J connectivity index is 1.92. The summed E-state index contributed by atoms with van der Waals surface area (Å²) in [6, 6.07) is 8.72. The topological polar surface area (TPSA) is 182 Å². The predicted octanol–water partition coefficient (Wildman–Crippen LogP) is -1.91. The van der Waals surface area contributed by atoms with Crippen LogP contribution in [0.25, 0.3) is 0 Å². The maximum absolute atomic E-state index is 12.2. The molecule has 0 amide bonds. The van der Waals surface area contributed by atoms with Gasteiger partial charge in [-0.15, -0.1) is 0 Å². The summed E-state index contributed by atoms with van der Waals surface area (Å²) in [6.45, 7) is 0. The third-order valence-electron chi connectivity index (χ3n) is 4.44. The molecule has 3 rings (SSSR count). The number of H-pyrrole nitrogens is 1. The molecule has 1 aliphatic rings. The Morgan fingerprint density at radius 1 is 1.13 bits per heavy atom. The Morgan fingerprint density at radius 2 is 1.80 bits per heavy atom. The lowest BCUT2D eigenvalue weighted by Crippen LogP contribution is -2.40.